The van der Waals surface area contributed by atoms with Crippen LogP contribution in [0.2, 0.25) is 0 Å². The van der Waals surface area contributed by atoms with Crippen LogP contribution in [0.1, 0.15) is 230 Å². The molecule has 0 nitrogen and oxygen atoms in total. The largest absolute Gasteiger partial charge is 0.0654 e. The van der Waals surface area contributed by atoms with E-state index in [0.717, 1.165) is 0 Å². The minimum absolute atomic E-state index is 0.115. The Morgan fingerprint density at radius 3 is 0.879 bits per heavy atom. The minimum Gasteiger partial charge on any atom is -0.0654 e. The van der Waals surface area contributed by atoms with Gasteiger partial charge >= 0.3 is 0 Å². The van der Waals surface area contributed by atoms with Crippen molar-refractivity contribution in [3.8, 4) is 33.4 Å². The second-order valence-electron chi connectivity index (χ2n) is 18.8. The normalized spacial score (nSPS) is 14.3. The molecule has 2 aliphatic carbocycles. The van der Waals surface area contributed by atoms with E-state index in [-0.39, 0.29) is 10.8 Å². The summed E-state index contributed by atoms with van der Waals surface area (Å²) >= 11 is 0. The topological polar surface area (TPSA) is 0 Å². The first-order chi connectivity index (χ1) is 28.6. The zero-order chi connectivity index (χ0) is 40.5. The molecular formula is C58H82. The number of benzene rings is 4. The molecule has 0 amide bonds. The number of fused-ring (bicyclic) bond motifs is 6. The first-order valence-corrected chi connectivity index (χ1v) is 25.1. The third-order valence-electron chi connectivity index (χ3n) is 14.7. The van der Waals surface area contributed by atoms with Crippen LogP contribution in [0.25, 0.3) is 33.4 Å². The van der Waals surface area contributed by atoms with Crippen LogP contribution in [0, 0.1) is 0 Å². The minimum atomic E-state index is 0.115. The summed E-state index contributed by atoms with van der Waals surface area (Å²) in [4.78, 5) is 0. The molecule has 0 aromatic heterocycles. The van der Waals surface area contributed by atoms with E-state index in [4.69, 9.17) is 0 Å². The maximum Gasteiger partial charge on any atom is 0.0215 e. The molecule has 6 rings (SSSR count). The molecule has 0 bridgehead atoms. The van der Waals surface area contributed by atoms with Gasteiger partial charge in [0.05, 0.1) is 0 Å². The number of hydrogen-bond acceptors (Lipinski definition) is 0. The van der Waals surface area contributed by atoms with E-state index in [2.05, 4.69) is 113 Å². The Balaban J connectivity index is 1.36. The van der Waals surface area contributed by atoms with Crippen LogP contribution in [0.15, 0.2) is 84.9 Å². The Kier molecular flexibility index (Phi) is 17.6. The third-order valence-corrected chi connectivity index (χ3v) is 14.7. The van der Waals surface area contributed by atoms with Crippen molar-refractivity contribution in [2.75, 3.05) is 0 Å². The van der Waals surface area contributed by atoms with Gasteiger partial charge < -0.3 is 0 Å². The lowest BCUT2D eigenvalue weighted by Crippen LogP contribution is -2.26. The standard InChI is InChI=1S/C58H82/c1-5-9-13-17-21-29-41-57(42-30-22-18-14-10-6-2)53-35-27-25-33-49(53)51-39-37-47(45-55(51)57)48-38-40-52-50-34-26-28-36-54(50)58(56(52)46-48,43-31-23-19-15-11-7-3)44-32-24-20-16-12-8-4/h25-28,33-40,45-46H,5-24,29-32,41-44H2,1-4H3. The van der Waals surface area contributed by atoms with Gasteiger partial charge in [0, 0.05) is 10.8 Å². The summed E-state index contributed by atoms with van der Waals surface area (Å²) in [5.74, 6) is 0. The van der Waals surface area contributed by atoms with Crippen molar-refractivity contribution in [2.24, 2.45) is 0 Å². The van der Waals surface area contributed by atoms with Crippen LogP contribution in [0.4, 0.5) is 0 Å². The second-order valence-corrected chi connectivity index (χ2v) is 18.8. The number of rotatable bonds is 29. The van der Waals surface area contributed by atoms with Gasteiger partial charge in [-0.25, -0.2) is 0 Å². The molecule has 0 aliphatic heterocycles. The average Bonchev–Trinajstić information content (AvgIpc) is 3.69. The summed E-state index contributed by atoms with van der Waals surface area (Å²) < 4.78 is 0. The van der Waals surface area contributed by atoms with E-state index < -0.39 is 0 Å². The van der Waals surface area contributed by atoms with Crippen LogP contribution in [-0.4, -0.2) is 0 Å². The van der Waals surface area contributed by atoms with E-state index in [1.165, 1.54) is 213 Å². The van der Waals surface area contributed by atoms with Crippen LogP contribution in [-0.2, 0) is 10.8 Å². The van der Waals surface area contributed by atoms with Gasteiger partial charge in [-0.05, 0) is 93.5 Å². The molecule has 0 atom stereocenters. The predicted molar refractivity (Wildman–Crippen MR) is 256 cm³/mol. The Morgan fingerprint density at radius 2 is 0.552 bits per heavy atom. The fraction of sp³-hybridized carbons (Fsp3) is 0.586. The van der Waals surface area contributed by atoms with Crippen molar-refractivity contribution in [1.29, 1.82) is 0 Å². The zero-order valence-corrected chi connectivity index (χ0v) is 37.9. The molecule has 0 fully saturated rings. The lowest BCUT2D eigenvalue weighted by Gasteiger charge is -2.34. The van der Waals surface area contributed by atoms with Gasteiger partial charge in [-0.3, -0.25) is 0 Å². The smallest absolute Gasteiger partial charge is 0.0215 e. The van der Waals surface area contributed by atoms with Gasteiger partial charge in [0.2, 0.25) is 0 Å². The molecule has 0 radical (unpaired) electrons. The predicted octanol–water partition coefficient (Wildman–Crippen LogP) is 18.9. The molecule has 0 saturated heterocycles. The van der Waals surface area contributed by atoms with Crippen molar-refractivity contribution >= 4 is 0 Å². The van der Waals surface area contributed by atoms with E-state index in [9.17, 15) is 0 Å². The monoisotopic (exact) mass is 779 g/mol. The molecule has 0 heterocycles. The molecule has 58 heavy (non-hydrogen) atoms. The van der Waals surface area contributed by atoms with Crippen molar-refractivity contribution < 1.29 is 0 Å². The lowest BCUT2D eigenvalue weighted by molar-refractivity contribution is 0.397. The summed E-state index contributed by atoms with van der Waals surface area (Å²) in [6.07, 6.45) is 37.7. The molecule has 0 N–H and O–H groups in total. The number of unbranched alkanes of at least 4 members (excludes halogenated alkanes) is 20. The van der Waals surface area contributed by atoms with Gasteiger partial charge in [0.1, 0.15) is 0 Å². The SMILES string of the molecule is CCCCCCCCC1(CCCCCCCC)c2ccccc2-c2ccc(-c3ccc4c(c3)C(CCCCCCCC)(CCCCCCCC)c3ccccc3-4)cc21. The first-order valence-electron chi connectivity index (χ1n) is 25.1. The molecule has 4 aromatic rings. The average molecular weight is 779 g/mol. The van der Waals surface area contributed by atoms with Crippen LogP contribution in [0.5, 0.6) is 0 Å². The first kappa shape index (κ1) is 44.4. The van der Waals surface area contributed by atoms with Crippen LogP contribution >= 0.6 is 0 Å². The number of hydrogen-bond donors (Lipinski definition) is 0. The summed E-state index contributed by atoms with van der Waals surface area (Å²) in [5, 5.41) is 0. The second kappa shape index (κ2) is 23.0. The molecule has 0 heteroatoms. The van der Waals surface area contributed by atoms with Crippen molar-refractivity contribution in [1.82, 2.24) is 0 Å². The summed E-state index contributed by atoms with van der Waals surface area (Å²) in [6.45, 7) is 9.35. The van der Waals surface area contributed by atoms with Crippen molar-refractivity contribution in [3.05, 3.63) is 107 Å². The molecule has 4 aromatic carbocycles. The quantitative estimate of drug-likeness (QED) is 0.0482. The maximum absolute atomic E-state index is 2.69. The molecule has 2 aliphatic rings. The highest BCUT2D eigenvalue weighted by Crippen LogP contribution is 2.57. The van der Waals surface area contributed by atoms with E-state index >= 15 is 0 Å². The van der Waals surface area contributed by atoms with E-state index in [1.807, 2.05) is 0 Å². The van der Waals surface area contributed by atoms with Crippen molar-refractivity contribution in [3.63, 3.8) is 0 Å². The Labute approximate surface area is 357 Å². The van der Waals surface area contributed by atoms with Crippen LogP contribution < -0.4 is 0 Å². The highest BCUT2D eigenvalue weighted by molar-refractivity contribution is 5.87. The Morgan fingerprint density at radius 1 is 0.276 bits per heavy atom. The summed E-state index contributed by atoms with van der Waals surface area (Å²) in [7, 11) is 0. The van der Waals surface area contributed by atoms with E-state index in [0.29, 0.717) is 0 Å². The Hall–Kier alpha value is -3.12. The molecule has 0 unspecified atom stereocenters. The lowest BCUT2D eigenvalue weighted by atomic mass is 9.69. The van der Waals surface area contributed by atoms with Gasteiger partial charge in [0.25, 0.3) is 0 Å². The van der Waals surface area contributed by atoms with Crippen molar-refractivity contribution in [2.45, 2.75) is 218 Å². The van der Waals surface area contributed by atoms with E-state index in [1.54, 1.807) is 22.3 Å². The van der Waals surface area contributed by atoms with Gasteiger partial charge in [-0.1, -0.05) is 255 Å². The highest BCUT2D eigenvalue weighted by Gasteiger charge is 2.44. The zero-order valence-electron chi connectivity index (χ0n) is 37.9. The van der Waals surface area contributed by atoms with Gasteiger partial charge in [-0.15, -0.1) is 0 Å². The molecule has 0 saturated carbocycles. The molecule has 0 spiro atoms. The van der Waals surface area contributed by atoms with Gasteiger partial charge in [-0.2, -0.15) is 0 Å². The fourth-order valence-corrected chi connectivity index (χ4v) is 11.4. The molecular weight excluding hydrogens is 697 g/mol. The maximum atomic E-state index is 2.69. The van der Waals surface area contributed by atoms with Gasteiger partial charge in [0.15, 0.2) is 0 Å². The fourth-order valence-electron chi connectivity index (χ4n) is 11.4. The Bertz CT molecular complexity index is 1640. The van der Waals surface area contributed by atoms with Crippen LogP contribution in [0.3, 0.4) is 0 Å². The summed E-state index contributed by atoms with van der Waals surface area (Å²) in [6, 6.07) is 34.5. The third kappa shape index (κ3) is 10.4. The summed E-state index contributed by atoms with van der Waals surface area (Å²) in [5.41, 5.74) is 15.6. The highest BCUT2D eigenvalue weighted by atomic mass is 14.5. The molecule has 314 valence electrons.